The summed E-state index contributed by atoms with van der Waals surface area (Å²) in [5.74, 6) is 1.75. The number of aromatic nitrogens is 2. The molecule has 7 heteroatoms. The Morgan fingerprint density at radius 2 is 1.93 bits per heavy atom. The molecule has 1 amide bonds. The van der Waals surface area contributed by atoms with Gasteiger partial charge in [0.15, 0.2) is 5.82 Å². The lowest BCUT2D eigenvalue weighted by Gasteiger charge is -2.30. The van der Waals surface area contributed by atoms with Gasteiger partial charge < -0.3 is 14.7 Å². The first-order chi connectivity index (χ1) is 13.1. The Hall–Kier alpha value is -2.41. The fourth-order valence-corrected chi connectivity index (χ4v) is 3.86. The molecule has 0 bridgehead atoms. The first-order valence-electron chi connectivity index (χ1n) is 9.70. The van der Waals surface area contributed by atoms with Crippen LogP contribution in [0.25, 0.3) is 0 Å². The minimum Gasteiger partial charge on any atom is -0.378 e. The van der Waals surface area contributed by atoms with Crippen LogP contribution >= 0.6 is 0 Å². The maximum absolute atomic E-state index is 11.4. The molecule has 2 saturated heterocycles. The number of nitrogens with one attached hydrogen (secondary N) is 1. The molecule has 1 aromatic carbocycles. The summed E-state index contributed by atoms with van der Waals surface area (Å²) < 4.78 is 5.41. The molecule has 1 aromatic heterocycles. The van der Waals surface area contributed by atoms with Crippen molar-refractivity contribution in [1.29, 1.82) is 0 Å². The summed E-state index contributed by atoms with van der Waals surface area (Å²) in [5, 5.41) is 7.07. The average molecular weight is 369 g/mol. The van der Waals surface area contributed by atoms with Gasteiger partial charge in [0.05, 0.1) is 0 Å². The van der Waals surface area contributed by atoms with Crippen LogP contribution in [0.5, 0.6) is 0 Å². The highest BCUT2D eigenvalue weighted by molar-refractivity contribution is 5.78. The van der Waals surface area contributed by atoms with Gasteiger partial charge in [-0.3, -0.25) is 9.69 Å². The van der Waals surface area contributed by atoms with Crippen molar-refractivity contribution in [2.24, 2.45) is 0 Å². The molecule has 1 N–H and O–H groups in total. The van der Waals surface area contributed by atoms with E-state index in [-0.39, 0.29) is 11.9 Å². The minimum atomic E-state index is -0.107. The maximum atomic E-state index is 11.4. The Balaban J connectivity index is 1.30. The van der Waals surface area contributed by atoms with Gasteiger partial charge >= 0.3 is 0 Å². The number of hydrogen-bond acceptors (Lipinski definition) is 6. The van der Waals surface area contributed by atoms with Crippen LogP contribution in [0.3, 0.4) is 0 Å². The Kier molecular flexibility index (Phi) is 5.11. The molecule has 2 aliphatic heterocycles. The summed E-state index contributed by atoms with van der Waals surface area (Å²) in [6.45, 7) is 3.04. The van der Waals surface area contributed by atoms with Crippen LogP contribution < -0.4 is 10.2 Å². The summed E-state index contributed by atoms with van der Waals surface area (Å²) >= 11 is 0. The number of nitrogens with zero attached hydrogens (tertiary/aromatic N) is 4. The van der Waals surface area contributed by atoms with Gasteiger partial charge in [-0.05, 0) is 50.0 Å². The normalized spacial score (nSPS) is 21.4. The number of rotatable bonds is 5. The van der Waals surface area contributed by atoms with E-state index in [1.807, 2.05) is 0 Å². The van der Waals surface area contributed by atoms with E-state index < -0.39 is 0 Å². The summed E-state index contributed by atoms with van der Waals surface area (Å²) in [6, 6.07) is 8.66. The third-order valence-corrected chi connectivity index (χ3v) is 5.56. The lowest BCUT2D eigenvalue weighted by Crippen LogP contribution is -2.32. The van der Waals surface area contributed by atoms with E-state index >= 15 is 0 Å². The van der Waals surface area contributed by atoms with Gasteiger partial charge in [0.25, 0.3) is 0 Å². The predicted octanol–water partition coefficient (Wildman–Crippen LogP) is 2.47. The second-order valence-corrected chi connectivity index (χ2v) is 7.76. The molecule has 2 fully saturated rings. The summed E-state index contributed by atoms with van der Waals surface area (Å²) in [7, 11) is 4.12. The SMILES string of the molecule is CN(C)c1ccc(CN2CCC(c3noc(C4CCC(=O)N4)n3)CC2)cc1. The fraction of sp³-hybridized carbons (Fsp3) is 0.550. The topological polar surface area (TPSA) is 74.5 Å². The highest BCUT2D eigenvalue weighted by atomic mass is 16.5. The minimum absolute atomic E-state index is 0.0617. The predicted molar refractivity (Wildman–Crippen MR) is 102 cm³/mol. The third-order valence-electron chi connectivity index (χ3n) is 5.56. The molecule has 0 saturated carbocycles. The van der Waals surface area contributed by atoms with Crippen LogP contribution in [-0.2, 0) is 11.3 Å². The van der Waals surface area contributed by atoms with Gasteiger partial charge in [-0.1, -0.05) is 17.3 Å². The van der Waals surface area contributed by atoms with Crippen molar-refractivity contribution in [3.05, 3.63) is 41.5 Å². The zero-order valence-corrected chi connectivity index (χ0v) is 16.0. The second kappa shape index (κ2) is 7.68. The molecule has 4 rings (SSSR count). The largest absolute Gasteiger partial charge is 0.378 e. The third kappa shape index (κ3) is 4.13. The zero-order valence-electron chi connectivity index (χ0n) is 16.0. The number of hydrogen-bond donors (Lipinski definition) is 1. The molecule has 2 aliphatic rings. The molecular formula is C20H27N5O2. The highest BCUT2D eigenvalue weighted by Gasteiger charge is 2.30. The standard InChI is InChI=1S/C20H27N5O2/c1-24(2)16-5-3-14(4-6-16)13-25-11-9-15(10-12-25)19-22-20(27-23-19)17-7-8-18(26)21-17/h3-6,15,17H,7-13H2,1-2H3,(H,21,26). The average Bonchev–Trinajstić information content (AvgIpc) is 3.32. The lowest BCUT2D eigenvalue weighted by molar-refractivity contribution is -0.119. The highest BCUT2D eigenvalue weighted by Crippen LogP contribution is 2.29. The fourth-order valence-electron chi connectivity index (χ4n) is 3.86. The van der Waals surface area contributed by atoms with Crippen molar-refractivity contribution in [2.45, 2.75) is 44.2 Å². The Morgan fingerprint density at radius 1 is 1.19 bits per heavy atom. The van der Waals surface area contributed by atoms with Crippen LogP contribution in [0, 0.1) is 0 Å². The molecule has 0 aliphatic carbocycles. The van der Waals surface area contributed by atoms with Gasteiger partial charge in [-0.15, -0.1) is 0 Å². The van der Waals surface area contributed by atoms with E-state index in [9.17, 15) is 4.79 Å². The lowest BCUT2D eigenvalue weighted by atomic mass is 9.96. The van der Waals surface area contributed by atoms with Gasteiger partial charge in [-0.25, -0.2) is 0 Å². The Morgan fingerprint density at radius 3 is 2.56 bits per heavy atom. The van der Waals surface area contributed by atoms with Crippen LogP contribution in [0.2, 0.25) is 0 Å². The van der Waals surface area contributed by atoms with E-state index in [0.29, 0.717) is 18.2 Å². The van der Waals surface area contributed by atoms with Crippen LogP contribution in [0.4, 0.5) is 5.69 Å². The molecule has 0 radical (unpaired) electrons. The van der Waals surface area contributed by atoms with Gasteiger partial charge in [0.2, 0.25) is 11.8 Å². The number of benzene rings is 1. The van der Waals surface area contributed by atoms with Gasteiger partial charge in [0.1, 0.15) is 6.04 Å². The monoisotopic (exact) mass is 369 g/mol. The molecule has 0 spiro atoms. The van der Waals surface area contributed by atoms with Crippen LogP contribution in [0.1, 0.15) is 54.9 Å². The van der Waals surface area contributed by atoms with Crippen molar-refractivity contribution in [1.82, 2.24) is 20.4 Å². The molecule has 144 valence electrons. The van der Waals surface area contributed by atoms with Crippen LogP contribution in [0.15, 0.2) is 28.8 Å². The Bertz CT molecular complexity index is 778. The van der Waals surface area contributed by atoms with E-state index in [1.165, 1.54) is 11.3 Å². The first-order valence-corrected chi connectivity index (χ1v) is 9.70. The summed E-state index contributed by atoms with van der Waals surface area (Å²) in [5.41, 5.74) is 2.57. The molecule has 3 heterocycles. The first kappa shape index (κ1) is 18.0. The second-order valence-electron chi connectivity index (χ2n) is 7.76. The van der Waals surface area contributed by atoms with E-state index in [1.54, 1.807) is 0 Å². The molecule has 2 aromatic rings. The van der Waals surface area contributed by atoms with Crippen LogP contribution in [-0.4, -0.2) is 48.1 Å². The van der Waals surface area contributed by atoms with Crippen molar-refractivity contribution in [3.63, 3.8) is 0 Å². The number of likely N-dealkylation sites (tertiary alicyclic amines) is 1. The molecule has 1 unspecified atom stereocenters. The van der Waals surface area contributed by atoms with E-state index in [0.717, 1.165) is 44.7 Å². The summed E-state index contributed by atoms with van der Waals surface area (Å²) in [4.78, 5) is 20.5. The number of amides is 1. The smallest absolute Gasteiger partial charge is 0.249 e. The van der Waals surface area contributed by atoms with E-state index in [4.69, 9.17) is 4.52 Å². The van der Waals surface area contributed by atoms with Crippen molar-refractivity contribution in [2.75, 3.05) is 32.1 Å². The number of anilines is 1. The molecular weight excluding hydrogens is 342 g/mol. The number of carbonyl (C=O) groups excluding carboxylic acids is 1. The van der Waals surface area contributed by atoms with Crippen molar-refractivity contribution < 1.29 is 9.32 Å². The van der Waals surface area contributed by atoms with Gasteiger partial charge in [-0.2, -0.15) is 4.98 Å². The van der Waals surface area contributed by atoms with Crippen molar-refractivity contribution in [3.8, 4) is 0 Å². The Labute approximate surface area is 159 Å². The maximum Gasteiger partial charge on any atom is 0.249 e. The quantitative estimate of drug-likeness (QED) is 0.873. The number of carbonyl (C=O) groups is 1. The molecule has 27 heavy (non-hydrogen) atoms. The zero-order chi connectivity index (χ0) is 18.8. The van der Waals surface area contributed by atoms with Gasteiger partial charge in [0, 0.05) is 38.7 Å². The van der Waals surface area contributed by atoms with Crippen molar-refractivity contribution >= 4 is 11.6 Å². The van der Waals surface area contributed by atoms with E-state index in [2.05, 4.69) is 63.6 Å². The number of piperidine rings is 1. The molecule has 1 atom stereocenters. The summed E-state index contributed by atoms with van der Waals surface area (Å²) in [6.07, 6.45) is 3.35. The molecule has 7 nitrogen and oxygen atoms in total.